The lowest BCUT2D eigenvalue weighted by molar-refractivity contribution is -0.384. The largest absolute Gasteiger partial charge is 0.493 e. The van der Waals surface area contributed by atoms with Crippen LogP contribution in [0.15, 0.2) is 76.6 Å². The SMILES string of the molecule is CC[C@@H](C)N1C(=O)/C(=C\c2ccc(OCc3ccc([N+](=O)[O-])cc3)c(OC)c2)SC1=Nc1ccc(C)cc1. The lowest BCUT2D eigenvalue weighted by Gasteiger charge is -2.22. The smallest absolute Gasteiger partial charge is 0.269 e. The van der Waals surface area contributed by atoms with E-state index in [1.165, 1.54) is 23.9 Å². The molecule has 4 rings (SSSR count). The fourth-order valence-corrected chi connectivity index (χ4v) is 4.87. The molecule has 9 heteroatoms. The van der Waals surface area contributed by atoms with Gasteiger partial charge in [0.25, 0.3) is 11.6 Å². The van der Waals surface area contributed by atoms with Crippen molar-refractivity contribution >= 4 is 40.3 Å². The number of amidine groups is 1. The lowest BCUT2D eigenvalue weighted by Crippen LogP contribution is -2.36. The van der Waals surface area contributed by atoms with E-state index >= 15 is 0 Å². The van der Waals surface area contributed by atoms with Gasteiger partial charge >= 0.3 is 0 Å². The molecule has 3 aromatic rings. The van der Waals surface area contributed by atoms with E-state index < -0.39 is 4.92 Å². The maximum absolute atomic E-state index is 13.4. The molecule has 38 heavy (non-hydrogen) atoms. The van der Waals surface area contributed by atoms with E-state index in [0.717, 1.165) is 28.8 Å². The molecule has 1 amide bonds. The van der Waals surface area contributed by atoms with Crippen LogP contribution in [-0.4, -0.2) is 34.0 Å². The third-order valence-corrected chi connectivity index (χ3v) is 7.14. The minimum Gasteiger partial charge on any atom is -0.493 e. The Morgan fingerprint density at radius 2 is 1.79 bits per heavy atom. The number of rotatable bonds is 9. The number of aliphatic imine (C=N–C) groups is 1. The summed E-state index contributed by atoms with van der Waals surface area (Å²) in [5.41, 5.74) is 3.57. The number of nitro groups is 1. The number of benzene rings is 3. The molecule has 1 aliphatic heterocycles. The Morgan fingerprint density at radius 3 is 2.42 bits per heavy atom. The van der Waals surface area contributed by atoms with Crippen molar-refractivity contribution in [2.24, 2.45) is 4.99 Å². The number of carbonyl (C=O) groups excluding carboxylic acids is 1. The Bertz CT molecular complexity index is 1380. The van der Waals surface area contributed by atoms with Crippen molar-refractivity contribution in [3.8, 4) is 11.5 Å². The van der Waals surface area contributed by atoms with E-state index in [0.29, 0.717) is 21.6 Å². The number of aryl methyl sites for hydroxylation is 1. The van der Waals surface area contributed by atoms with E-state index in [9.17, 15) is 14.9 Å². The van der Waals surface area contributed by atoms with Crippen LogP contribution < -0.4 is 9.47 Å². The fraction of sp³-hybridized carbons (Fsp3) is 0.241. The Morgan fingerprint density at radius 1 is 1.08 bits per heavy atom. The Balaban J connectivity index is 1.55. The van der Waals surface area contributed by atoms with Crippen LogP contribution in [0.3, 0.4) is 0 Å². The molecule has 0 saturated carbocycles. The third-order valence-electron chi connectivity index (χ3n) is 6.15. The van der Waals surface area contributed by atoms with Crippen LogP contribution in [0, 0.1) is 17.0 Å². The van der Waals surface area contributed by atoms with Gasteiger partial charge in [0.15, 0.2) is 16.7 Å². The summed E-state index contributed by atoms with van der Waals surface area (Å²) in [4.78, 5) is 30.9. The minimum absolute atomic E-state index is 0.00910. The number of thioether (sulfide) groups is 1. The van der Waals surface area contributed by atoms with Crippen molar-refractivity contribution in [2.75, 3.05) is 7.11 Å². The average Bonchev–Trinajstić information content (AvgIpc) is 3.22. The number of amides is 1. The van der Waals surface area contributed by atoms with Gasteiger partial charge in [0.05, 0.1) is 22.6 Å². The molecule has 1 heterocycles. The Labute approximate surface area is 226 Å². The summed E-state index contributed by atoms with van der Waals surface area (Å²) in [6, 6.07) is 19.6. The van der Waals surface area contributed by atoms with E-state index in [4.69, 9.17) is 14.5 Å². The molecule has 196 valence electrons. The highest BCUT2D eigenvalue weighted by atomic mass is 32.2. The summed E-state index contributed by atoms with van der Waals surface area (Å²) in [5, 5.41) is 11.5. The number of hydrogen-bond acceptors (Lipinski definition) is 7. The zero-order valence-corrected chi connectivity index (χ0v) is 22.5. The second-order valence-corrected chi connectivity index (χ2v) is 9.90. The molecule has 1 fully saturated rings. The van der Waals surface area contributed by atoms with Crippen molar-refractivity contribution in [1.29, 1.82) is 0 Å². The van der Waals surface area contributed by atoms with Crippen LogP contribution >= 0.6 is 11.8 Å². The first-order valence-corrected chi connectivity index (χ1v) is 13.0. The summed E-state index contributed by atoms with van der Waals surface area (Å²) in [7, 11) is 1.55. The zero-order valence-electron chi connectivity index (χ0n) is 21.7. The molecular formula is C29H29N3O5S. The van der Waals surface area contributed by atoms with E-state index in [-0.39, 0.29) is 24.2 Å². The van der Waals surface area contributed by atoms with Crippen molar-refractivity contribution in [3.63, 3.8) is 0 Å². The van der Waals surface area contributed by atoms with Gasteiger partial charge in [-0.15, -0.1) is 0 Å². The topological polar surface area (TPSA) is 94.3 Å². The lowest BCUT2D eigenvalue weighted by atomic mass is 10.1. The number of hydrogen-bond donors (Lipinski definition) is 0. The summed E-state index contributed by atoms with van der Waals surface area (Å²) >= 11 is 1.36. The monoisotopic (exact) mass is 531 g/mol. The quantitative estimate of drug-likeness (QED) is 0.169. The second kappa shape index (κ2) is 12.0. The Hall–Kier alpha value is -4.11. The number of nitrogens with zero attached hydrogens (tertiary/aromatic N) is 3. The van der Waals surface area contributed by atoms with Crippen molar-refractivity contribution in [2.45, 2.75) is 39.8 Å². The number of carbonyl (C=O) groups is 1. The molecular weight excluding hydrogens is 502 g/mol. The summed E-state index contributed by atoms with van der Waals surface area (Å²) in [5.74, 6) is 0.970. The minimum atomic E-state index is -0.437. The van der Waals surface area contributed by atoms with Crippen molar-refractivity contribution in [1.82, 2.24) is 4.90 Å². The number of non-ortho nitro benzene ring substituents is 1. The highest BCUT2D eigenvalue weighted by molar-refractivity contribution is 8.18. The van der Waals surface area contributed by atoms with Gasteiger partial charge in [-0.1, -0.05) is 30.7 Å². The van der Waals surface area contributed by atoms with Crippen LogP contribution in [0.1, 0.15) is 37.0 Å². The van der Waals surface area contributed by atoms with Crippen LogP contribution in [0.4, 0.5) is 11.4 Å². The summed E-state index contributed by atoms with van der Waals surface area (Å²) in [6.07, 6.45) is 2.64. The third kappa shape index (κ3) is 6.23. The van der Waals surface area contributed by atoms with Crippen LogP contribution in [0.2, 0.25) is 0 Å². The molecule has 0 aliphatic carbocycles. The van der Waals surface area contributed by atoms with Gasteiger partial charge in [-0.2, -0.15) is 0 Å². The predicted molar refractivity (Wildman–Crippen MR) is 151 cm³/mol. The molecule has 0 N–H and O–H groups in total. The summed E-state index contributed by atoms with van der Waals surface area (Å²) < 4.78 is 11.4. The van der Waals surface area contributed by atoms with Gasteiger partial charge in [-0.25, -0.2) is 4.99 Å². The number of ether oxygens (including phenoxy) is 2. The zero-order chi connectivity index (χ0) is 27.2. The van der Waals surface area contributed by atoms with E-state index in [1.54, 1.807) is 30.2 Å². The molecule has 0 unspecified atom stereocenters. The predicted octanol–water partition coefficient (Wildman–Crippen LogP) is 6.89. The van der Waals surface area contributed by atoms with Gasteiger partial charge in [-0.05, 0) is 85.6 Å². The van der Waals surface area contributed by atoms with Gasteiger partial charge < -0.3 is 9.47 Å². The van der Waals surface area contributed by atoms with E-state index in [1.807, 2.05) is 63.2 Å². The molecule has 0 aromatic heterocycles. The molecule has 3 aromatic carbocycles. The molecule has 1 aliphatic rings. The second-order valence-electron chi connectivity index (χ2n) is 8.90. The number of nitro benzene ring substituents is 1. The normalized spacial score (nSPS) is 16.2. The molecule has 8 nitrogen and oxygen atoms in total. The molecule has 1 atom stereocenters. The van der Waals surface area contributed by atoms with Gasteiger partial charge in [0.2, 0.25) is 0 Å². The molecule has 1 saturated heterocycles. The van der Waals surface area contributed by atoms with Crippen LogP contribution in [0.5, 0.6) is 11.5 Å². The first-order chi connectivity index (χ1) is 18.3. The van der Waals surface area contributed by atoms with Crippen LogP contribution in [-0.2, 0) is 11.4 Å². The molecule has 0 bridgehead atoms. The average molecular weight is 532 g/mol. The van der Waals surface area contributed by atoms with Crippen LogP contribution in [0.25, 0.3) is 6.08 Å². The highest BCUT2D eigenvalue weighted by Crippen LogP contribution is 2.37. The summed E-state index contributed by atoms with van der Waals surface area (Å²) in [6.45, 7) is 6.32. The molecule has 0 spiro atoms. The van der Waals surface area contributed by atoms with E-state index in [2.05, 4.69) is 0 Å². The highest BCUT2D eigenvalue weighted by Gasteiger charge is 2.36. The standard InChI is InChI=1S/C29H29N3O5S/c1-5-20(3)31-28(33)27(38-29(31)30-23-11-6-19(2)7-12-23)17-22-10-15-25(26(16-22)36-4)37-18-21-8-13-24(14-9-21)32(34)35/h6-17,20H,5,18H2,1-4H3/b27-17+,30-29?/t20-/m1/s1. The van der Waals surface area contributed by atoms with Crippen molar-refractivity contribution < 1.29 is 19.2 Å². The number of methoxy groups -OCH3 is 1. The van der Waals surface area contributed by atoms with Gasteiger partial charge in [-0.3, -0.25) is 19.8 Å². The maximum Gasteiger partial charge on any atom is 0.269 e. The Kier molecular flexibility index (Phi) is 8.48. The maximum atomic E-state index is 13.4. The van der Waals surface area contributed by atoms with Crippen molar-refractivity contribution in [3.05, 3.63) is 98.4 Å². The van der Waals surface area contributed by atoms with Gasteiger partial charge in [0.1, 0.15) is 6.61 Å². The first kappa shape index (κ1) is 26.9. The molecule has 0 radical (unpaired) electrons. The van der Waals surface area contributed by atoms with Gasteiger partial charge in [0, 0.05) is 18.2 Å². The first-order valence-electron chi connectivity index (χ1n) is 12.2. The fourth-order valence-electron chi connectivity index (χ4n) is 3.79.